The number of hydrogen-bond acceptors (Lipinski definition) is 5. The maximum absolute atomic E-state index is 9.15. The van der Waals surface area contributed by atoms with Crippen LogP contribution in [0, 0.1) is 6.92 Å². The molecular weight excluding hydrogens is 252 g/mol. The first-order valence-corrected chi connectivity index (χ1v) is 7.21. The molecule has 1 N–H and O–H groups in total. The maximum atomic E-state index is 9.15. The molecule has 17 heavy (non-hydrogen) atoms. The van der Waals surface area contributed by atoms with Crippen molar-refractivity contribution in [3.63, 3.8) is 0 Å². The van der Waals surface area contributed by atoms with E-state index in [9.17, 15) is 0 Å². The smallest absolute Gasteiger partial charge is 0.185 e. The zero-order valence-corrected chi connectivity index (χ0v) is 11.6. The third-order valence-electron chi connectivity index (χ3n) is 2.63. The van der Waals surface area contributed by atoms with E-state index in [1.807, 2.05) is 14.0 Å². The first kappa shape index (κ1) is 12.5. The molecule has 5 heteroatoms. The Labute approximate surface area is 109 Å². The number of aliphatic hydroxyl groups excluding tert-OH is 1. The van der Waals surface area contributed by atoms with Crippen LogP contribution in [0.5, 0.6) is 0 Å². The van der Waals surface area contributed by atoms with Crippen LogP contribution in [-0.2, 0) is 13.0 Å². The molecule has 0 fully saturated rings. The molecule has 0 spiro atoms. The molecule has 0 aliphatic rings. The number of likely N-dealkylation sites (N-methyl/N-ethyl adjacent to an activating group) is 1. The molecule has 0 atom stereocenters. The van der Waals surface area contributed by atoms with E-state index in [2.05, 4.69) is 27.4 Å². The Morgan fingerprint density at radius 3 is 2.88 bits per heavy atom. The van der Waals surface area contributed by atoms with Crippen LogP contribution in [0.2, 0.25) is 0 Å². The average Bonchev–Trinajstić information content (AvgIpc) is 2.94. The van der Waals surface area contributed by atoms with Gasteiger partial charge in [-0.2, -0.15) is 0 Å². The molecule has 0 aliphatic carbocycles. The molecule has 0 aromatic carbocycles. The number of hydrogen-bond donors (Lipinski definition) is 1. The highest BCUT2D eigenvalue weighted by Gasteiger charge is 2.10. The predicted octanol–water partition coefficient (Wildman–Crippen LogP) is 2.68. The van der Waals surface area contributed by atoms with Crippen LogP contribution in [0.15, 0.2) is 17.5 Å². The Morgan fingerprint density at radius 2 is 2.29 bits per heavy atom. The number of anilines is 1. The maximum Gasteiger partial charge on any atom is 0.185 e. The summed E-state index contributed by atoms with van der Waals surface area (Å²) >= 11 is 3.36. The van der Waals surface area contributed by atoms with Crippen LogP contribution in [0.1, 0.15) is 15.4 Å². The minimum atomic E-state index is 0.0856. The molecule has 0 radical (unpaired) electrons. The fourth-order valence-corrected chi connectivity index (χ4v) is 3.16. The molecule has 0 unspecified atom stereocenters. The predicted molar refractivity (Wildman–Crippen MR) is 74.1 cm³/mol. The molecule has 2 rings (SSSR count). The van der Waals surface area contributed by atoms with Gasteiger partial charge in [0.05, 0.1) is 17.2 Å². The molecule has 0 saturated heterocycles. The van der Waals surface area contributed by atoms with Gasteiger partial charge in [-0.05, 0) is 24.8 Å². The second-order valence-corrected chi connectivity index (χ2v) is 6.01. The third kappa shape index (κ3) is 3.06. The van der Waals surface area contributed by atoms with E-state index in [0.29, 0.717) is 0 Å². The van der Waals surface area contributed by atoms with Gasteiger partial charge in [0.15, 0.2) is 5.13 Å². The Hall–Kier alpha value is -0.910. The van der Waals surface area contributed by atoms with Gasteiger partial charge in [0.2, 0.25) is 0 Å². The average molecular weight is 268 g/mol. The van der Waals surface area contributed by atoms with E-state index >= 15 is 0 Å². The molecular formula is C12H16N2OS2. The standard InChI is InChI=1S/C12H16N2OS2/c1-9-11(8-15)17-12(13-9)14(2)6-5-10-4-3-7-16-10/h3-4,7,15H,5-6,8H2,1-2H3. The number of rotatable bonds is 5. The lowest BCUT2D eigenvalue weighted by atomic mass is 10.3. The van der Waals surface area contributed by atoms with Gasteiger partial charge in [-0.1, -0.05) is 17.4 Å². The van der Waals surface area contributed by atoms with E-state index in [-0.39, 0.29) is 6.61 Å². The third-order valence-corrected chi connectivity index (χ3v) is 4.82. The molecule has 0 amide bonds. The molecule has 2 heterocycles. The van der Waals surface area contributed by atoms with Gasteiger partial charge in [0.25, 0.3) is 0 Å². The van der Waals surface area contributed by atoms with Crippen LogP contribution in [0.25, 0.3) is 0 Å². The van der Waals surface area contributed by atoms with Gasteiger partial charge in [0.1, 0.15) is 0 Å². The fourth-order valence-electron chi connectivity index (χ4n) is 1.55. The van der Waals surface area contributed by atoms with Crippen molar-refractivity contribution in [2.24, 2.45) is 0 Å². The molecule has 0 aliphatic heterocycles. The van der Waals surface area contributed by atoms with Gasteiger partial charge in [-0.25, -0.2) is 4.98 Å². The summed E-state index contributed by atoms with van der Waals surface area (Å²) in [5, 5.41) is 12.2. The largest absolute Gasteiger partial charge is 0.391 e. The highest BCUT2D eigenvalue weighted by Crippen LogP contribution is 2.25. The molecule has 2 aromatic rings. The first-order chi connectivity index (χ1) is 8.20. The second kappa shape index (κ2) is 5.62. The fraction of sp³-hybridized carbons (Fsp3) is 0.417. The number of aryl methyl sites for hydroxylation is 1. The van der Waals surface area contributed by atoms with Gasteiger partial charge >= 0.3 is 0 Å². The van der Waals surface area contributed by atoms with Crippen LogP contribution < -0.4 is 4.90 Å². The molecule has 3 nitrogen and oxygen atoms in total. The topological polar surface area (TPSA) is 36.4 Å². The van der Waals surface area contributed by atoms with Crippen LogP contribution in [-0.4, -0.2) is 23.7 Å². The SMILES string of the molecule is Cc1nc(N(C)CCc2cccs2)sc1CO. The number of thiophene rings is 1. The van der Waals surface area contributed by atoms with E-state index in [1.165, 1.54) is 4.88 Å². The van der Waals surface area contributed by atoms with Crippen LogP contribution in [0.3, 0.4) is 0 Å². The van der Waals surface area contributed by atoms with E-state index < -0.39 is 0 Å². The zero-order valence-electron chi connectivity index (χ0n) is 10.0. The highest BCUT2D eigenvalue weighted by molar-refractivity contribution is 7.15. The summed E-state index contributed by atoms with van der Waals surface area (Å²) in [5.74, 6) is 0. The van der Waals surface area contributed by atoms with Gasteiger partial charge in [-0.3, -0.25) is 0 Å². The number of nitrogens with zero attached hydrogens (tertiary/aromatic N) is 2. The number of thiazole rings is 1. The summed E-state index contributed by atoms with van der Waals surface area (Å²) in [5.41, 5.74) is 0.940. The van der Waals surface area contributed by atoms with Crippen molar-refractivity contribution in [1.29, 1.82) is 0 Å². The summed E-state index contributed by atoms with van der Waals surface area (Å²) in [6, 6.07) is 4.24. The lowest BCUT2D eigenvalue weighted by Gasteiger charge is -2.14. The highest BCUT2D eigenvalue weighted by atomic mass is 32.1. The molecule has 0 bridgehead atoms. The lowest BCUT2D eigenvalue weighted by molar-refractivity contribution is 0.284. The minimum absolute atomic E-state index is 0.0856. The summed E-state index contributed by atoms with van der Waals surface area (Å²) in [4.78, 5) is 8.98. The quantitative estimate of drug-likeness (QED) is 0.905. The Kier molecular flexibility index (Phi) is 4.15. The first-order valence-electron chi connectivity index (χ1n) is 5.51. The van der Waals surface area contributed by atoms with E-state index in [1.54, 1.807) is 22.7 Å². The minimum Gasteiger partial charge on any atom is -0.391 e. The summed E-state index contributed by atoms with van der Waals surface area (Å²) in [6.07, 6.45) is 1.04. The van der Waals surface area contributed by atoms with Crippen molar-refractivity contribution < 1.29 is 5.11 Å². The molecule has 2 aromatic heterocycles. The van der Waals surface area contributed by atoms with Crippen molar-refractivity contribution >= 4 is 27.8 Å². The van der Waals surface area contributed by atoms with Crippen molar-refractivity contribution in [2.45, 2.75) is 20.0 Å². The van der Waals surface area contributed by atoms with Gasteiger partial charge in [0, 0.05) is 18.5 Å². The summed E-state index contributed by atoms with van der Waals surface area (Å²) in [7, 11) is 2.05. The number of aromatic nitrogens is 1. The van der Waals surface area contributed by atoms with Crippen LogP contribution >= 0.6 is 22.7 Å². The lowest BCUT2D eigenvalue weighted by Crippen LogP contribution is -2.19. The Balaban J connectivity index is 1.96. The van der Waals surface area contributed by atoms with E-state index in [4.69, 9.17) is 5.11 Å². The van der Waals surface area contributed by atoms with Crippen molar-refractivity contribution in [3.05, 3.63) is 33.0 Å². The van der Waals surface area contributed by atoms with E-state index in [0.717, 1.165) is 28.7 Å². The van der Waals surface area contributed by atoms with Gasteiger partial charge < -0.3 is 10.0 Å². The van der Waals surface area contributed by atoms with Crippen molar-refractivity contribution in [1.82, 2.24) is 4.98 Å². The Morgan fingerprint density at radius 1 is 1.47 bits per heavy atom. The van der Waals surface area contributed by atoms with Crippen molar-refractivity contribution in [3.8, 4) is 0 Å². The zero-order chi connectivity index (χ0) is 12.3. The summed E-state index contributed by atoms with van der Waals surface area (Å²) < 4.78 is 0. The second-order valence-electron chi connectivity index (χ2n) is 3.91. The Bertz CT molecular complexity index is 465. The van der Waals surface area contributed by atoms with Crippen LogP contribution in [0.4, 0.5) is 5.13 Å². The van der Waals surface area contributed by atoms with Gasteiger partial charge in [-0.15, -0.1) is 11.3 Å². The summed E-state index contributed by atoms with van der Waals surface area (Å²) in [6.45, 7) is 2.99. The number of aliphatic hydroxyl groups is 1. The monoisotopic (exact) mass is 268 g/mol. The molecule has 0 saturated carbocycles. The molecule has 92 valence electrons. The normalized spacial score (nSPS) is 10.8. The van der Waals surface area contributed by atoms with Crippen molar-refractivity contribution in [2.75, 3.05) is 18.5 Å².